The lowest BCUT2D eigenvalue weighted by molar-refractivity contribution is -0.141. The van der Waals surface area contributed by atoms with Crippen LogP contribution in [0.4, 0.5) is 10.5 Å². The van der Waals surface area contributed by atoms with E-state index in [2.05, 4.69) is 15.4 Å². The third-order valence-corrected chi connectivity index (χ3v) is 2.39. The van der Waals surface area contributed by atoms with Gasteiger partial charge in [-0.3, -0.25) is 4.79 Å². The first-order valence-corrected chi connectivity index (χ1v) is 6.09. The topological polar surface area (TPSA) is 93.4 Å². The smallest absolute Gasteiger partial charge is 0.325 e. The Hall–Kier alpha value is -2.08. The van der Waals surface area contributed by atoms with E-state index in [0.717, 1.165) is 5.56 Å². The van der Waals surface area contributed by atoms with Crippen molar-refractivity contribution in [2.45, 2.75) is 19.9 Å². The molecule has 2 amide bonds. The molecule has 6 nitrogen and oxygen atoms in total. The summed E-state index contributed by atoms with van der Waals surface area (Å²) in [5.41, 5.74) is 7.34. The molecular formula is C13H19N3O3. The van der Waals surface area contributed by atoms with Gasteiger partial charge in [0.1, 0.15) is 6.54 Å². The van der Waals surface area contributed by atoms with Crippen LogP contribution in [-0.2, 0) is 9.53 Å². The summed E-state index contributed by atoms with van der Waals surface area (Å²) in [7, 11) is 0. The highest BCUT2D eigenvalue weighted by Crippen LogP contribution is 2.13. The molecule has 4 N–H and O–H groups in total. The van der Waals surface area contributed by atoms with Crippen LogP contribution in [0.1, 0.15) is 25.5 Å². The van der Waals surface area contributed by atoms with Crippen LogP contribution in [0.3, 0.4) is 0 Å². The molecule has 0 aliphatic rings. The normalized spacial score (nSPS) is 11.5. The summed E-state index contributed by atoms with van der Waals surface area (Å²) in [6.07, 6.45) is 0. The summed E-state index contributed by atoms with van der Waals surface area (Å²) in [4.78, 5) is 22.5. The monoisotopic (exact) mass is 265 g/mol. The maximum atomic E-state index is 11.5. The Morgan fingerprint density at radius 3 is 2.47 bits per heavy atom. The Kier molecular flexibility index (Phi) is 5.81. The molecule has 0 saturated heterocycles. The first-order chi connectivity index (χ1) is 9.02. The molecule has 1 unspecified atom stereocenters. The zero-order chi connectivity index (χ0) is 14.3. The van der Waals surface area contributed by atoms with Gasteiger partial charge >= 0.3 is 12.0 Å². The number of hydrogen-bond donors (Lipinski definition) is 3. The second-order valence-corrected chi connectivity index (χ2v) is 4.02. The lowest BCUT2D eigenvalue weighted by Crippen LogP contribution is -2.34. The van der Waals surface area contributed by atoms with E-state index in [4.69, 9.17) is 5.73 Å². The molecule has 1 aromatic carbocycles. The summed E-state index contributed by atoms with van der Waals surface area (Å²) < 4.78 is 4.69. The molecule has 0 spiro atoms. The highest BCUT2D eigenvalue weighted by atomic mass is 16.5. The van der Waals surface area contributed by atoms with Crippen LogP contribution < -0.4 is 16.4 Å². The fourth-order valence-electron chi connectivity index (χ4n) is 1.41. The number of nitrogens with one attached hydrogen (secondary N) is 2. The van der Waals surface area contributed by atoms with E-state index >= 15 is 0 Å². The summed E-state index contributed by atoms with van der Waals surface area (Å²) >= 11 is 0. The molecule has 1 aromatic rings. The summed E-state index contributed by atoms with van der Waals surface area (Å²) in [6.45, 7) is 3.73. The van der Waals surface area contributed by atoms with Crippen LogP contribution in [0.5, 0.6) is 0 Å². The number of rotatable bonds is 5. The minimum absolute atomic E-state index is 0.0494. The molecule has 0 saturated carbocycles. The van der Waals surface area contributed by atoms with E-state index in [1.807, 2.05) is 19.1 Å². The first kappa shape index (κ1) is 15.0. The maximum Gasteiger partial charge on any atom is 0.325 e. The Morgan fingerprint density at radius 2 is 1.95 bits per heavy atom. The van der Waals surface area contributed by atoms with Gasteiger partial charge in [-0.15, -0.1) is 0 Å². The predicted molar refractivity (Wildman–Crippen MR) is 72.7 cm³/mol. The van der Waals surface area contributed by atoms with Crippen LogP contribution in [0.2, 0.25) is 0 Å². The molecule has 0 fully saturated rings. The van der Waals surface area contributed by atoms with Gasteiger partial charge in [-0.1, -0.05) is 12.1 Å². The lowest BCUT2D eigenvalue weighted by atomic mass is 10.1. The van der Waals surface area contributed by atoms with Crippen LogP contribution in [-0.4, -0.2) is 25.2 Å². The number of carbonyl (C=O) groups excluding carboxylic acids is 2. The maximum absolute atomic E-state index is 11.5. The van der Waals surface area contributed by atoms with Crippen molar-refractivity contribution < 1.29 is 14.3 Å². The van der Waals surface area contributed by atoms with Crippen molar-refractivity contribution in [3.8, 4) is 0 Å². The Morgan fingerprint density at radius 1 is 1.32 bits per heavy atom. The van der Waals surface area contributed by atoms with Gasteiger partial charge in [0.2, 0.25) is 0 Å². The number of ether oxygens (including phenoxy) is 1. The minimum Gasteiger partial charge on any atom is -0.465 e. The third kappa shape index (κ3) is 5.39. The number of nitrogens with two attached hydrogens (primary N) is 1. The summed E-state index contributed by atoms with van der Waals surface area (Å²) in [6, 6.07) is 6.68. The average molecular weight is 265 g/mol. The quantitative estimate of drug-likeness (QED) is 0.701. The van der Waals surface area contributed by atoms with E-state index in [1.54, 1.807) is 19.1 Å². The zero-order valence-corrected chi connectivity index (χ0v) is 11.1. The predicted octanol–water partition coefficient (Wildman–Crippen LogP) is 1.39. The Bertz CT molecular complexity index is 429. The van der Waals surface area contributed by atoms with E-state index < -0.39 is 12.0 Å². The van der Waals surface area contributed by atoms with Crippen molar-refractivity contribution in [2.24, 2.45) is 5.73 Å². The van der Waals surface area contributed by atoms with Crippen molar-refractivity contribution in [2.75, 3.05) is 18.5 Å². The molecule has 19 heavy (non-hydrogen) atoms. The number of benzene rings is 1. The van der Waals surface area contributed by atoms with Crippen molar-refractivity contribution in [3.63, 3.8) is 0 Å². The van der Waals surface area contributed by atoms with Crippen molar-refractivity contribution in [1.82, 2.24) is 5.32 Å². The second kappa shape index (κ2) is 7.38. The Labute approximate surface area is 112 Å². The van der Waals surface area contributed by atoms with Crippen LogP contribution >= 0.6 is 0 Å². The van der Waals surface area contributed by atoms with E-state index in [9.17, 15) is 9.59 Å². The molecule has 6 heteroatoms. The molecule has 0 heterocycles. The van der Waals surface area contributed by atoms with Gasteiger partial charge < -0.3 is 21.1 Å². The fraction of sp³-hybridized carbons (Fsp3) is 0.385. The molecule has 1 atom stereocenters. The van der Waals surface area contributed by atoms with Gasteiger partial charge in [-0.2, -0.15) is 0 Å². The molecule has 1 rings (SSSR count). The third-order valence-electron chi connectivity index (χ3n) is 2.39. The van der Waals surface area contributed by atoms with Gasteiger partial charge in [-0.25, -0.2) is 4.79 Å². The molecule has 104 valence electrons. The van der Waals surface area contributed by atoms with Gasteiger partial charge in [0.15, 0.2) is 0 Å². The number of esters is 1. The zero-order valence-electron chi connectivity index (χ0n) is 11.1. The first-order valence-electron chi connectivity index (χ1n) is 6.09. The molecular weight excluding hydrogens is 246 g/mol. The standard InChI is InChI=1S/C13H19N3O3/c1-3-19-12(17)8-15-13(18)16-11-6-4-10(5-7-11)9(2)14/h4-7,9H,3,8,14H2,1-2H3,(H2,15,16,18). The van der Waals surface area contributed by atoms with E-state index in [0.29, 0.717) is 12.3 Å². The van der Waals surface area contributed by atoms with Crippen molar-refractivity contribution in [1.29, 1.82) is 0 Å². The largest absolute Gasteiger partial charge is 0.465 e. The van der Waals surface area contributed by atoms with E-state index in [-0.39, 0.29) is 12.6 Å². The number of hydrogen-bond acceptors (Lipinski definition) is 4. The second-order valence-electron chi connectivity index (χ2n) is 4.02. The van der Waals surface area contributed by atoms with E-state index in [1.165, 1.54) is 0 Å². The average Bonchev–Trinajstić information content (AvgIpc) is 2.37. The van der Waals surface area contributed by atoms with Gasteiger partial charge in [0, 0.05) is 11.7 Å². The SMILES string of the molecule is CCOC(=O)CNC(=O)Nc1ccc(C(C)N)cc1. The molecule has 0 aliphatic heterocycles. The minimum atomic E-state index is -0.468. The Balaban J connectivity index is 2.42. The van der Waals surface area contributed by atoms with Crippen molar-refractivity contribution >= 4 is 17.7 Å². The highest BCUT2D eigenvalue weighted by Gasteiger charge is 2.06. The van der Waals surface area contributed by atoms with Crippen molar-refractivity contribution in [3.05, 3.63) is 29.8 Å². The highest BCUT2D eigenvalue weighted by molar-refractivity contribution is 5.91. The molecule has 0 bridgehead atoms. The number of anilines is 1. The van der Waals surface area contributed by atoms with Crippen LogP contribution in [0.15, 0.2) is 24.3 Å². The summed E-state index contributed by atoms with van der Waals surface area (Å²) in [5, 5.41) is 5.01. The summed E-state index contributed by atoms with van der Waals surface area (Å²) in [5.74, 6) is -0.468. The number of urea groups is 1. The lowest BCUT2D eigenvalue weighted by Gasteiger charge is -2.09. The fourth-order valence-corrected chi connectivity index (χ4v) is 1.41. The molecule has 0 aromatic heterocycles. The van der Waals surface area contributed by atoms with Gasteiger partial charge in [-0.05, 0) is 31.5 Å². The number of amides is 2. The van der Waals surface area contributed by atoms with Gasteiger partial charge in [0.25, 0.3) is 0 Å². The molecule has 0 radical (unpaired) electrons. The van der Waals surface area contributed by atoms with Crippen LogP contribution in [0.25, 0.3) is 0 Å². The van der Waals surface area contributed by atoms with Crippen LogP contribution in [0, 0.1) is 0 Å². The van der Waals surface area contributed by atoms with Gasteiger partial charge in [0.05, 0.1) is 6.61 Å². The number of carbonyl (C=O) groups is 2. The molecule has 0 aliphatic carbocycles.